The Morgan fingerprint density at radius 1 is 1.15 bits per heavy atom. The van der Waals surface area contributed by atoms with Gasteiger partial charge in [0.2, 0.25) is 5.91 Å². The van der Waals surface area contributed by atoms with E-state index in [1.54, 1.807) is 0 Å². The van der Waals surface area contributed by atoms with Crippen LogP contribution in [0.3, 0.4) is 0 Å². The molecule has 3 N–H and O–H groups in total. The van der Waals surface area contributed by atoms with Gasteiger partial charge < -0.3 is 16.0 Å². The first-order chi connectivity index (χ1) is 12.5. The number of benzene rings is 2. The van der Waals surface area contributed by atoms with Crippen molar-refractivity contribution in [1.82, 2.24) is 4.90 Å². The number of para-hydroxylation sites is 1. The number of hydrogen-bond acceptors (Lipinski definition) is 3. The van der Waals surface area contributed by atoms with Crippen molar-refractivity contribution in [3.05, 3.63) is 54.6 Å². The van der Waals surface area contributed by atoms with Crippen LogP contribution in [0.25, 0.3) is 11.1 Å². The van der Waals surface area contributed by atoms with Gasteiger partial charge in [-0.05, 0) is 30.0 Å². The number of halogens is 1. The van der Waals surface area contributed by atoms with E-state index in [1.165, 1.54) is 0 Å². The van der Waals surface area contributed by atoms with Gasteiger partial charge in [-0.1, -0.05) is 62.4 Å². The van der Waals surface area contributed by atoms with Crippen molar-refractivity contribution in [2.45, 2.75) is 32.7 Å². The van der Waals surface area contributed by atoms with Gasteiger partial charge in [0.05, 0.1) is 0 Å². The summed E-state index contributed by atoms with van der Waals surface area (Å²) in [5.41, 5.74) is 9.32. The largest absolute Gasteiger partial charge is 0.327 e. The van der Waals surface area contributed by atoms with Crippen LogP contribution in [0.2, 0.25) is 0 Å². The van der Waals surface area contributed by atoms with E-state index >= 15 is 0 Å². The molecule has 0 aromatic heterocycles. The first-order valence-electron chi connectivity index (χ1n) is 9.38. The number of amides is 1. The third kappa shape index (κ3) is 5.55. The average Bonchev–Trinajstić information content (AvgIpc) is 2.64. The van der Waals surface area contributed by atoms with Crippen molar-refractivity contribution >= 4 is 24.0 Å². The molecule has 1 aliphatic heterocycles. The lowest BCUT2D eigenvalue weighted by Crippen LogP contribution is -2.52. The molecular formula is C22H30ClN3O. The Morgan fingerprint density at radius 2 is 1.81 bits per heavy atom. The molecule has 3 rings (SSSR count). The second-order valence-corrected chi connectivity index (χ2v) is 7.87. The van der Waals surface area contributed by atoms with Crippen molar-refractivity contribution in [2.24, 2.45) is 11.1 Å². The van der Waals surface area contributed by atoms with E-state index in [-0.39, 0.29) is 29.8 Å². The lowest BCUT2D eigenvalue weighted by molar-refractivity contribution is -0.116. The van der Waals surface area contributed by atoms with E-state index in [0.717, 1.165) is 42.9 Å². The summed E-state index contributed by atoms with van der Waals surface area (Å²) in [5.74, 6) is 0.0565. The van der Waals surface area contributed by atoms with Crippen LogP contribution < -0.4 is 11.1 Å². The zero-order valence-electron chi connectivity index (χ0n) is 16.2. The van der Waals surface area contributed by atoms with Gasteiger partial charge in [0.15, 0.2) is 0 Å². The zero-order valence-corrected chi connectivity index (χ0v) is 17.0. The molecule has 1 unspecified atom stereocenters. The van der Waals surface area contributed by atoms with Crippen LogP contribution in [-0.2, 0) is 4.79 Å². The van der Waals surface area contributed by atoms with Gasteiger partial charge >= 0.3 is 0 Å². The van der Waals surface area contributed by atoms with E-state index in [0.29, 0.717) is 6.42 Å². The quantitative estimate of drug-likeness (QED) is 0.809. The highest BCUT2D eigenvalue weighted by Crippen LogP contribution is 2.29. The third-order valence-electron chi connectivity index (χ3n) is 5.33. The molecule has 1 saturated heterocycles. The summed E-state index contributed by atoms with van der Waals surface area (Å²) in [6, 6.07) is 18.3. The molecular weight excluding hydrogens is 358 g/mol. The van der Waals surface area contributed by atoms with E-state index < -0.39 is 0 Å². The molecule has 4 nitrogen and oxygen atoms in total. The summed E-state index contributed by atoms with van der Waals surface area (Å²) in [6.45, 7) is 7.11. The fraction of sp³-hybridized carbons (Fsp3) is 0.409. The molecule has 1 heterocycles. The number of carbonyl (C=O) groups is 1. The molecule has 146 valence electrons. The van der Waals surface area contributed by atoms with Crippen molar-refractivity contribution in [1.29, 1.82) is 0 Å². The van der Waals surface area contributed by atoms with Crippen molar-refractivity contribution in [3.63, 3.8) is 0 Å². The predicted octanol–water partition coefficient (Wildman–Crippen LogP) is 4.16. The molecule has 1 amide bonds. The van der Waals surface area contributed by atoms with Crippen LogP contribution in [0.4, 0.5) is 5.69 Å². The maximum absolute atomic E-state index is 12.5. The molecule has 1 aliphatic rings. The Morgan fingerprint density at radius 3 is 2.52 bits per heavy atom. The van der Waals surface area contributed by atoms with Gasteiger partial charge in [0.25, 0.3) is 0 Å². The number of nitrogens with two attached hydrogens (primary N) is 1. The van der Waals surface area contributed by atoms with Gasteiger partial charge in [-0.25, -0.2) is 0 Å². The molecule has 1 fully saturated rings. The molecule has 2 aromatic carbocycles. The molecule has 0 spiro atoms. The Labute approximate surface area is 168 Å². The van der Waals surface area contributed by atoms with E-state index in [4.69, 9.17) is 5.73 Å². The fourth-order valence-corrected chi connectivity index (χ4v) is 3.61. The van der Waals surface area contributed by atoms with Crippen LogP contribution in [0, 0.1) is 5.41 Å². The highest BCUT2D eigenvalue weighted by molar-refractivity contribution is 5.95. The Balaban J connectivity index is 0.00000261. The molecule has 5 heteroatoms. The monoisotopic (exact) mass is 387 g/mol. The van der Waals surface area contributed by atoms with E-state index in [2.05, 4.69) is 36.2 Å². The average molecular weight is 388 g/mol. The maximum atomic E-state index is 12.5. The summed E-state index contributed by atoms with van der Waals surface area (Å²) >= 11 is 0. The lowest BCUT2D eigenvalue weighted by Gasteiger charge is -2.42. The smallest absolute Gasteiger partial charge is 0.225 e. The van der Waals surface area contributed by atoms with Crippen LogP contribution in [0.15, 0.2) is 54.6 Å². The number of likely N-dealkylation sites (tertiary alicyclic amines) is 1. The third-order valence-corrected chi connectivity index (χ3v) is 5.33. The van der Waals surface area contributed by atoms with Gasteiger partial charge in [-0.3, -0.25) is 4.79 Å². The molecule has 0 bridgehead atoms. The number of hydrogen-bond donors (Lipinski definition) is 2. The number of rotatable bonds is 5. The predicted molar refractivity (Wildman–Crippen MR) is 115 cm³/mol. The number of carbonyl (C=O) groups excluding carboxylic acids is 1. The number of nitrogens with zero attached hydrogens (tertiary/aromatic N) is 1. The first-order valence-corrected chi connectivity index (χ1v) is 9.38. The molecule has 0 aliphatic carbocycles. The Bertz CT molecular complexity index is 748. The van der Waals surface area contributed by atoms with Gasteiger partial charge in [-0.2, -0.15) is 0 Å². The second kappa shape index (κ2) is 9.36. The topological polar surface area (TPSA) is 58.4 Å². The highest BCUT2D eigenvalue weighted by Gasteiger charge is 2.33. The van der Waals surface area contributed by atoms with Crippen LogP contribution in [0.5, 0.6) is 0 Å². The van der Waals surface area contributed by atoms with Crippen molar-refractivity contribution < 1.29 is 4.79 Å². The van der Waals surface area contributed by atoms with Crippen molar-refractivity contribution in [3.8, 4) is 11.1 Å². The minimum Gasteiger partial charge on any atom is -0.327 e. The molecule has 27 heavy (non-hydrogen) atoms. The van der Waals surface area contributed by atoms with Gasteiger partial charge in [0.1, 0.15) is 0 Å². The Kier molecular flexibility index (Phi) is 7.42. The van der Waals surface area contributed by atoms with E-state index in [1.807, 2.05) is 42.5 Å². The summed E-state index contributed by atoms with van der Waals surface area (Å²) < 4.78 is 0. The molecule has 0 radical (unpaired) electrons. The summed E-state index contributed by atoms with van der Waals surface area (Å²) in [4.78, 5) is 14.9. The standard InChI is InChI=1S/C22H29N3O.ClH/c1-22(2)16-25(14-12-20(22)23)15-13-21(26)24-19-11-7-6-10-18(19)17-8-4-3-5-9-17;/h3-11,20H,12-16,23H2,1-2H3,(H,24,26);1H. The summed E-state index contributed by atoms with van der Waals surface area (Å²) in [5, 5.41) is 3.09. The Hall–Kier alpha value is -1.88. The van der Waals surface area contributed by atoms with Crippen molar-refractivity contribution in [2.75, 3.05) is 25.0 Å². The SMILES string of the molecule is CC1(C)CN(CCC(=O)Nc2ccccc2-c2ccccc2)CCC1N.Cl. The number of anilines is 1. The van der Waals surface area contributed by atoms with Crippen LogP contribution in [-0.4, -0.2) is 36.5 Å². The van der Waals surface area contributed by atoms with E-state index in [9.17, 15) is 4.79 Å². The first kappa shape index (κ1) is 21.4. The normalized spacial score (nSPS) is 19.1. The molecule has 1 atom stereocenters. The van der Waals surface area contributed by atoms with Gasteiger partial charge in [0, 0.05) is 36.8 Å². The zero-order chi connectivity index (χ0) is 18.6. The molecule has 0 saturated carbocycles. The van der Waals surface area contributed by atoms with Gasteiger partial charge in [-0.15, -0.1) is 12.4 Å². The molecule has 2 aromatic rings. The number of piperidine rings is 1. The minimum atomic E-state index is 0. The van der Waals surface area contributed by atoms with Crippen LogP contribution >= 0.6 is 12.4 Å². The summed E-state index contributed by atoms with van der Waals surface area (Å²) in [7, 11) is 0. The van der Waals surface area contributed by atoms with Crippen LogP contribution in [0.1, 0.15) is 26.7 Å². The maximum Gasteiger partial charge on any atom is 0.225 e. The lowest BCUT2D eigenvalue weighted by atomic mass is 9.79. The minimum absolute atomic E-state index is 0. The number of nitrogens with one attached hydrogen (secondary N) is 1. The highest BCUT2D eigenvalue weighted by atomic mass is 35.5. The second-order valence-electron chi connectivity index (χ2n) is 7.87. The fourth-order valence-electron chi connectivity index (χ4n) is 3.61. The summed E-state index contributed by atoms with van der Waals surface area (Å²) in [6.07, 6.45) is 1.49.